The fourth-order valence-corrected chi connectivity index (χ4v) is 7.08. The van der Waals surface area contributed by atoms with Gasteiger partial charge in [0.15, 0.2) is 0 Å². The van der Waals surface area contributed by atoms with Gasteiger partial charge in [-0.15, -0.1) is 0 Å². The van der Waals surface area contributed by atoms with Gasteiger partial charge in [0.2, 0.25) is 0 Å². The average molecular weight is 583 g/mol. The highest BCUT2D eigenvalue weighted by atomic mass is 16.6. The number of nitro groups is 1. The van der Waals surface area contributed by atoms with Crippen molar-refractivity contribution in [3.05, 3.63) is 64.2 Å². The van der Waals surface area contributed by atoms with E-state index in [0.29, 0.717) is 25.1 Å². The quantitative estimate of drug-likeness (QED) is 0.260. The van der Waals surface area contributed by atoms with Gasteiger partial charge in [-0.1, -0.05) is 24.3 Å². The zero-order valence-electron chi connectivity index (χ0n) is 24.8. The first-order valence-corrected chi connectivity index (χ1v) is 14.6. The summed E-state index contributed by atoms with van der Waals surface area (Å²) in [7, 11) is 0. The van der Waals surface area contributed by atoms with Crippen LogP contribution in [0.1, 0.15) is 52.0 Å². The summed E-state index contributed by atoms with van der Waals surface area (Å²) in [5, 5.41) is 36.2. The lowest BCUT2D eigenvalue weighted by molar-refractivity contribution is -0.385. The van der Waals surface area contributed by atoms with E-state index in [2.05, 4.69) is 21.2 Å². The van der Waals surface area contributed by atoms with E-state index in [1.165, 1.54) is 18.2 Å². The molecule has 5 atom stereocenters. The van der Waals surface area contributed by atoms with Crippen molar-refractivity contribution in [3.63, 3.8) is 0 Å². The predicted octanol–water partition coefficient (Wildman–Crippen LogP) is 4.22. The van der Waals surface area contributed by atoms with Crippen LogP contribution in [0, 0.1) is 20.9 Å². The molecule has 4 rings (SSSR count). The van der Waals surface area contributed by atoms with Crippen LogP contribution in [0.5, 0.6) is 5.75 Å². The number of aliphatic carboxylic acids is 2. The largest absolute Gasteiger partial charge is 0.492 e. The van der Waals surface area contributed by atoms with Crippen molar-refractivity contribution in [1.29, 1.82) is 0 Å². The number of benzene rings is 2. The fraction of sp³-hybridized carbons (Fsp3) is 0.548. The first-order chi connectivity index (χ1) is 20.0. The molecule has 0 bridgehead atoms. The zero-order chi connectivity index (χ0) is 30.7. The van der Waals surface area contributed by atoms with Crippen LogP contribution in [0.2, 0.25) is 0 Å². The van der Waals surface area contributed by atoms with Gasteiger partial charge in [-0.05, 0) is 64.8 Å². The molecule has 2 aliphatic heterocycles. The molecule has 0 aliphatic carbocycles. The summed E-state index contributed by atoms with van der Waals surface area (Å²) in [6, 6.07) is 12.6. The second kappa shape index (κ2) is 12.7. The lowest BCUT2D eigenvalue weighted by atomic mass is 9.51. The van der Waals surface area contributed by atoms with Crippen molar-refractivity contribution >= 4 is 23.3 Å². The number of ether oxygens (including phenoxy) is 1. The Bertz CT molecular complexity index is 1300. The number of rotatable bonds is 11. The summed E-state index contributed by atoms with van der Waals surface area (Å²) in [5.41, 5.74) is -1.81. The minimum absolute atomic E-state index is 0.192. The molecule has 3 N–H and O–H groups in total. The summed E-state index contributed by atoms with van der Waals surface area (Å²) in [4.78, 5) is 41.8. The van der Waals surface area contributed by atoms with Gasteiger partial charge < -0.3 is 25.2 Å². The van der Waals surface area contributed by atoms with E-state index < -0.39 is 45.7 Å². The first-order valence-electron chi connectivity index (χ1n) is 14.6. The zero-order valence-corrected chi connectivity index (χ0v) is 24.8. The Morgan fingerprint density at radius 2 is 1.74 bits per heavy atom. The Morgan fingerprint density at radius 3 is 2.36 bits per heavy atom. The molecule has 5 unspecified atom stereocenters. The highest BCUT2D eigenvalue weighted by Gasteiger charge is 2.64. The third kappa shape index (κ3) is 5.67. The van der Waals surface area contributed by atoms with E-state index >= 15 is 0 Å². The number of hydrogen-bond donors (Lipinski definition) is 3. The van der Waals surface area contributed by atoms with E-state index in [4.69, 9.17) is 4.74 Å². The van der Waals surface area contributed by atoms with Gasteiger partial charge >= 0.3 is 11.9 Å². The summed E-state index contributed by atoms with van der Waals surface area (Å²) in [6.07, 6.45) is 0.746. The maximum absolute atomic E-state index is 13.3. The third-order valence-electron chi connectivity index (χ3n) is 9.50. The molecule has 0 radical (unpaired) electrons. The van der Waals surface area contributed by atoms with E-state index in [9.17, 15) is 29.9 Å². The number of nitrogens with one attached hydrogen (secondary N) is 1. The second-order valence-corrected chi connectivity index (χ2v) is 11.7. The van der Waals surface area contributed by atoms with E-state index in [-0.39, 0.29) is 12.1 Å². The van der Waals surface area contributed by atoms with Crippen molar-refractivity contribution < 1.29 is 29.5 Å². The molecule has 0 saturated carbocycles. The van der Waals surface area contributed by atoms with Crippen molar-refractivity contribution in [3.8, 4) is 5.75 Å². The maximum Gasteiger partial charge on any atom is 0.311 e. The molecule has 11 heteroatoms. The van der Waals surface area contributed by atoms with E-state index in [1.807, 2.05) is 25.1 Å². The predicted molar refractivity (Wildman–Crippen MR) is 159 cm³/mol. The number of nitrogens with zero attached hydrogens (tertiary/aromatic N) is 3. The molecule has 228 valence electrons. The standard InChI is InChI=1S/C31H42N4O7/c1-5-42-26-13-7-6-12-25(26)34-18-16-33(17-19-34)15-9-14-31(29(38)39)22(3)32-21(2)30(4,28(36)37)27(31)23-10-8-11-24(20-23)35(40)41/h6-8,10-13,20-22,27,32H,5,9,14-19H2,1-4H3,(H,36,37)(H,38,39). The summed E-state index contributed by atoms with van der Waals surface area (Å²) < 4.78 is 5.80. The SMILES string of the molecule is CCOc1ccccc1N1CCN(CCCC2(C(=O)O)C(C)NC(C)C(C)(C(=O)O)C2c2cccc([N+](=O)[O-])c2)CC1. The van der Waals surface area contributed by atoms with Crippen LogP contribution >= 0.6 is 0 Å². The molecule has 2 aromatic carbocycles. The molecule has 2 saturated heterocycles. The highest BCUT2D eigenvalue weighted by molar-refractivity contribution is 5.84. The van der Waals surface area contributed by atoms with Gasteiger partial charge in [0.1, 0.15) is 5.75 Å². The fourth-order valence-electron chi connectivity index (χ4n) is 7.08. The van der Waals surface area contributed by atoms with Crippen LogP contribution in [0.4, 0.5) is 11.4 Å². The molecule has 2 aromatic rings. The van der Waals surface area contributed by atoms with Gasteiger partial charge in [-0.3, -0.25) is 24.6 Å². The minimum Gasteiger partial charge on any atom is -0.492 e. The summed E-state index contributed by atoms with van der Waals surface area (Å²) >= 11 is 0. The molecule has 42 heavy (non-hydrogen) atoms. The normalized spacial score (nSPS) is 28.3. The molecule has 0 amide bonds. The number of hydrogen-bond acceptors (Lipinski definition) is 8. The van der Waals surface area contributed by atoms with Crippen LogP contribution < -0.4 is 15.0 Å². The van der Waals surface area contributed by atoms with Gasteiger partial charge in [0.25, 0.3) is 5.69 Å². The highest BCUT2D eigenvalue weighted by Crippen LogP contribution is 2.57. The van der Waals surface area contributed by atoms with Crippen LogP contribution in [0.3, 0.4) is 0 Å². The monoisotopic (exact) mass is 582 g/mol. The average Bonchev–Trinajstić information content (AvgIpc) is 2.96. The maximum atomic E-state index is 13.3. The summed E-state index contributed by atoms with van der Waals surface area (Å²) in [6.45, 7) is 11.5. The molecule has 2 fully saturated rings. The van der Waals surface area contributed by atoms with Crippen LogP contribution in [-0.4, -0.2) is 83.4 Å². The molecule has 2 aliphatic rings. The number of carboxylic acids is 2. The van der Waals surface area contributed by atoms with E-state index in [1.54, 1.807) is 26.8 Å². The molecular weight excluding hydrogens is 540 g/mol. The number of non-ortho nitro benzene ring substituents is 1. The first kappa shape index (κ1) is 31.2. The Kier molecular flexibility index (Phi) is 9.42. The smallest absolute Gasteiger partial charge is 0.311 e. The number of piperazine rings is 1. The lowest BCUT2D eigenvalue weighted by Gasteiger charge is -2.56. The Hall–Kier alpha value is -3.70. The van der Waals surface area contributed by atoms with E-state index in [0.717, 1.165) is 37.6 Å². The van der Waals surface area contributed by atoms with Crippen LogP contribution in [-0.2, 0) is 9.59 Å². The number of carboxylic acid groups (broad SMARTS) is 2. The molecule has 0 aromatic heterocycles. The van der Waals surface area contributed by atoms with Crippen molar-refractivity contribution in [2.45, 2.75) is 58.5 Å². The Balaban J connectivity index is 1.57. The van der Waals surface area contributed by atoms with Crippen molar-refractivity contribution in [2.24, 2.45) is 10.8 Å². The van der Waals surface area contributed by atoms with Gasteiger partial charge in [0.05, 0.1) is 28.0 Å². The van der Waals surface area contributed by atoms with Crippen LogP contribution in [0.25, 0.3) is 0 Å². The third-order valence-corrected chi connectivity index (χ3v) is 9.50. The number of carbonyl (C=O) groups is 2. The topological polar surface area (TPSA) is 145 Å². The number of piperidine rings is 1. The second-order valence-electron chi connectivity index (χ2n) is 11.7. The minimum atomic E-state index is -1.53. The van der Waals surface area contributed by atoms with Gasteiger partial charge in [0, 0.05) is 56.3 Å². The summed E-state index contributed by atoms with van der Waals surface area (Å²) in [5.74, 6) is -2.38. The van der Waals surface area contributed by atoms with Crippen molar-refractivity contribution in [1.82, 2.24) is 10.2 Å². The Morgan fingerprint density at radius 1 is 1.05 bits per heavy atom. The molecule has 0 spiro atoms. The number of nitro benzene ring substituents is 1. The van der Waals surface area contributed by atoms with Gasteiger partial charge in [-0.2, -0.15) is 0 Å². The molecular formula is C31H42N4O7. The number of anilines is 1. The van der Waals surface area contributed by atoms with Gasteiger partial charge in [-0.25, -0.2) is 0 Å². The van der Waals surface area contributed by atoms with Crippen molar-refractivity contribution in [2.75, 3.05) is 44.2 Å². The molecule has 2 heterocycles. The number of para-hydroxylation sites is 2. The lowest BCUT2D eigenvalue weighted by Crippen LogP contribution is -2.68. The Labute approximate surface area is 246 Å². The molecule has 11 nitrogen and oxygen atoms in total. The van der Waals surface area contributed by atoms with Crippen LogP contribution in [0.15, 0.2) is 48.5 Å².